The molecule has 4 nitrogen and oxygen atoms in total. The molecule has 16 heavy (non-hydrogen) atoms. The Bertz CT molecular complexity index is 293. The summed E-state index contributed by atoms with van der Waals surface area (Å²) < 4.78 is 0. The van der Waals surface area contributed by atoms with E-state index in [2.05, 4.69) is 5.32 Å². The monoisotopic (exact) mass is 222 g/mol. The van der Waals surface area contributed by atoms with Crippen molar-refractivity contribution in [3.8, 4) is 0 Å². The van der Waals surface area contributed by atoms with Crippen LogP contribution in [-0.4, -0.2) is 18.6 Å². The molecule has 0 radical (unpaired) electrons. The van der Waals surface area contributed by atoms with Crippen molar-refractivity contribution < 1.29 is 0 Å². The Labute approximate surface area is 97.9 Å². The first-order valence-electron chi connectivity index (χ1n) is 5.41. The molecule has 90 valence electrons. The Morgan fingerprint density at radius 1 is 1.31 bits per heavy atom. The van der Waals surface area contributed by atoms with Crippen molar-refractivity contribution in [1.29, 1.82) is 0 Å². The van der Waals surface area contributed by atoms with E-state index >= 15 is 0 Å². The molecular formula is C12H22N4. The number of hydrogen-bond acceptors (Lipinski definition) is 4. The lowest BCUT2D eigenvalue weighted by molar-refractivity contribution is 0.479. The number of anilines is 1. The molecule has 0 spiro atoms. The second-order valence-corrected chi connectivity index (χ2v) is 3.09. The highest BCUT2D eigenvalue weighted by atomic mass is 15.4. The average molecular weight is 222 g/mol. The van der Waals surface area contributed by atoms with E-state index in [-0.39, 0.29) is 0 Å². The van der Waals surface area contributed by atoms with Crippen LogP contribution < -0.4 is 16.9 Å². The fourth-order valence-corrected chi connectivity index (χ4v) is 1.07. The number of para-hydroxylation sites is 1. The zero-order valence-electron chi connectivity index (χ0n) is 10.3. The highest BCUT2D eigenvalue weighted by Crippen LogP contribution is 2.04. The van der Waals surface area contributed by atoms with E-state index < -0.39 is 0 Å². The van der Waals surface area contributed by atoms with E-state index in [9.17, 15) is 0 Å². The van der Waals surface area contributed by atoms with E-state index in [1.165, 1.54) is 5.01 Å². The smallest absolute Gasteiger partial charge is 0.0561 e. The number of nitrogens with zero attached hydrogens (tertiary/aromatic N) is 1. The molecule has 0 aromatic heterocycles. The summed E-state index contributed by atoms with van der Waals surface area (Å²) >= 11 is 0. The summed E-state index contributed by atoms with van der Waals surface area (Å²) in [6.07, 6.45) is 1.68. The largest absolute Gasteiger partial charge is 0.399 e. The second kappa shape index (κ2) is 8.61. The number of hydrogen-bond donors (Lipinski definition) is 3. The molecule has 1 aromatic rings. The van der Waals surface area contributed by atoms with Gasteiger partial charge in [0.15, 0.2) is 0 Å². The van der Waals surface area contributed by atoms with Crippen molar-refractivity contribution in [2.45, 2.75) is 13.8 Å². The minimum absolute atomic E-state index is 0.589. The van der Waals surface area contributed by atoms with Gasteiger partial charge in [0.25, 0.3) is 0 Å². The highest BCUT2D eigenvalue weighted by molar-refractivity contribution is 5.43. The molecule has 0 saturated carbocycles. The van der Waals surface area contributed by atoms with Crippen molar-refractivity contribution in [1.82, 2.24) is 5.01 Å². The standard InChI is InChI=1S/C10H16N4.C2H6/c1-14(12)8-9(11)7-13-10-5-3-2-4-6-10;1-2/h2-6,8,13H,7,11-12H2,1H3;1-2H3/b9-8-;. The molecule has 0 heterocycles. The lowest BCUT2D eigenvalue weighted by atomic mass is 10.3. The molecule has 0 aliphatic heterocycles. The van der Waals surface area contributed by atoms with Gasteiger partial charge in [0.2, 0.25) is 0 Å². The van der Waals surface area contributed by atoms with Gasteiger partial charge in [0.1, 0.15) is 0 Å². The maximum atomic E-state index is 5.70. The maximum absolute atomic E-state index is 5.70. The van der Waals surface area contributed by atoms with Crippen molar-refractivity contribution in [2.24, 2.45) is 11.6 Å². The third-order valence-corrected chi connectivity index (χ3v) is 1.64. The molecule has 0 saturated heterocycles. The summed E-state index contributed by atoms with van der Waals surface area (Å²) in [5.74, 6) is 5.41. The molecule has 0 aliphatic rings. The summed E-state index contributed by atoms with van der Waals surface area (Å²) in [4.78, 5) is 0. The van der Waals surface area contributed by atoms with Crippen molar-refractivity contribution >= 4 is 5.69 Å². The van der Waals surface area contributed by atoms with Crippen LogP contribution >= 0.6 is 0 Å². The number of hydrazine groups is 1. The van der Waals surface area contributed by atoms with Crippen LogP contribution in [-0.2, 0) is 0 Å². The number of nitrogens with one attached hydrogen (secondary N) is 1. The Morgan fingerprint density at radius 3 is 2.38 bits per heavy atom. The summed E-state index contributed by atoms with van der Waals surface area (Å²) in [6.45, 7) is 4.59. The van der Waals surface area contributed by atoms with Gasteiger partial charge in [-0.25, -0.2) is 5.84 Å². The van der Waals surface area contributed by atoms with E-state index in [0.717, 1.165) is 5.69 Å². The lowest BCUT2D eigenvalue weighted by Gasteiger charge is -2.09. The van der Waals surface area contributed by atoms with Gasteiger partial charge in [0, 0.05) is 24.6 Å². The van der Waals surface area contributed by atoms with Crippen molar-refractivity contribution in [2.75, 3.05) is 18.9 Å². The Balaban J connectivity index is 0.00000106. The van der Waals surface area contributed by atoms with E-state index in [4.69, 9.17) is 11.6 Å². The van der Waals surface area contributed by atoms with Gasteiger partial charge in [-0.2, -0.15) is 0 Å². The average Bonchev–Trinajstić information content (AvgIpc) is 2.30. The predicted octanol–water partition coefficient (Wildman–Crippen LogP) is 1.73. The summed E-state index contributed by atoms with van der Waals surface area (Å²) in [5, 5.41) is 4.61. The van der Waals surface area contributed by atoms with Crippen molar-refractivity contribution in [3.05, 3.63) is 42.2 Å². The molecule has 0 aliphatic carbocycles. The number of rotatable bonds is 4. The minimum Gasteiger partial charge on any atom is -0.399 e. The van der Waals surface area contributed by atoms with Crippen LogP contribution in [0.2, 0.25) is 0 Å². The van der Waals surface area contributed by atoms with E-state index in [0.29, 0.717) is 12.2 Å². The molecule has 0 amide bonds. The van der Waals surface area contributed by atoms with Gasteiger partial charge in [-0.1, -0.05) is 32.0 Å². The zero-order valence-corrected chi connectivity index (χ0v) is 10.3. The number of benzene rings is 1. The molecule has 1 rings (SSSR count). The SMILES string of the molecule is CC.CN(N)/C=C(\N)CNc1ccccc1. The lowest BCUT2D eigenvalue weighted by Crippen LogP contribution is -2.23. The topological polar surface area (TPSA) is 67.3 Å². The van der Waals surface area contributed by atoms with E-state index in [1.54, 1.807) is 13.2 Å². The van der Waals surface area contributed by atoms with Crippen molar-refractivity contribution in [3.63, 3.8) is 0 Å². The van der Waals surface area contributed by atoms with Gasteiger partial charge < -0.3 is 16.1 Å². The normalized spacial score (nSPS) is 10.1. The Hall–Kier alpha value is -1.68. The molecule has 0 bridgehead atoms. The quantitative estimate of drug-likeness (QED) is 0.536. The van der Waals surface area contributed by atoms with Gasteiger partial charge in [-0.3, -0.25) is 0 Å². The molecular weight excluding hydrogens is 200 g/mol. The molecule has 5 N–H and O–H groups in total. The summed E-state index contributed by atoms with van der Waals surface area (Å²) in [7, 11) is 1.73. The van der Waals surface area contributed by atoms with E-state index in [1.807, 2.05) is 44.2 Å². The third-order valence-electron chi connectivity index (χ3n) is 1.64. The van der Waals surface area contributed by atoms with Gasteiger partial charge in [-0.15, -0.1) is 0 Å². The number of nitrogens with two attached hydrogens (primary N) is 2. The molecule has 0 fully saturated rings. The predicted molar refractivity (Wildman–Crippen MR) is 70.5 cm³/mol. The van der Waals surface area contributed by atoms with Gasteiger partial charge in [-0.05, 0) is 12.1 Å². The summed E-state index contributed by atoms with van der Waals surface area (Å²) in [5.41, 5.74) is 7.44. The van der Waals surface area contributed by atoms with Crippen LogP contribution in [0.5, 0.6) is 0 Å². The maximum Gasteiger partial charge on any atom is 0.0561 e. The Morgan fingerprint density at radius 2 is 1.88 bits per heavy atom. The minimum atomic E-state index is 0.589. The first kappa shape index (κ1) is 14.3. The third kappa shape index (κ3) is 6.73. The van der Waals surface area contributed by atoms with Crippen LogP contribution in [0.1, 0.15) is 13.8 Å². The molecule has 4 heteroatoms. The van der Waals surface area contributed by atoms with Crippen LogP contribution in [0.3, 0.4) is 0 Å². The van der Waals surface area contributed by atoms with Crippen LogP contribution in [0.25, 0.3) is 0 Å². The van der Waals surface area contributed by atoms with Gasteiger partial charge in [0.05, 0.1) is 6.54 Å². The molecule has 0 atom stereocenters. The summed E-state index contributed by atoms with van der Waals surface area (Å²) in [6, 6.07) is 9.88. The fraction of sp³-hybridized carbons (Fsp3) is 0.333. The van der Waals surface area contributed by atoms with Crippen LogP contribution in [0.15, 0.2) is 42.2 Å². The zero-order chi connectivity index (χ0) is 12.4. The molecule has 0 unspecified atom stereocenters. The first-order chi connectivity index (χ1) is 7.68. The Kier molecular flexibility index (Phi) is 7.71. The fourth-order valence-electron chi connectivity index (χ4n) is 1.07. The first-order valence-corrected chi connectivity index (χ1v) is 5.41. The molecule has 1 aromatic carbocycles. The van der Waals surface area contributed by atoms with Crippen LogP contribution in [0, 0.1) is 0 Å². The second-order valence-electron chi connectivity index (χ2n) is 3.09. The van der Waals surface area contributed by atoms with Crippen LogP contribution in [0.4, 0.5) is 5.69 Å². The van der Waals surface area contributed by atoms with Gasteiger partial charge >= 0.3 is 0 Å². The highest BCUT2D eigenvalue weighted by Gasteiger charge is 1.92.